The zero-order valence-electron chi connectivity index (χ0n) is 15.3. The molecule has 0 spiro atoms. The molecule has 0 aromatic rings. The van der Waals surface area contributed by atoms with Crippen molar-refractivity contribution < 1.29 is 0 Å². The monoisotopic (exact) mass is 310 g/mol. The summed E-state index contributed by atoms with van der Waals surface area (Å²) in [6.45, 7) is 18.8. The molecule has 0 aliphatic heterocycles. The Hall–Kier alpha value is 0.0900. The van der Waals surface area contributed by atoms with E-state index < -0.39 is 0 Å². The van der Waals surface area contributed by atoms with Crippen LogP contribution in [0.4, 0.5) is 0 Å². The van der Waals surface area contributed by atoms with Crippen LogP contribution in [-0.2, 0) is 0 Å². The average molecular weight is 311 g/mol. The van der Waals surface area contributed by atoms with Crippen molar-refractivity contribution >= 4 is 12.6 Å². The molecular weight excluding hydrogens is 272 g/mol. The van der Waals surface area contributed by atoms with Crippen molar-refractivity contribution in [2.75, 3.05) is 5.75 Å². The molecule has 1 saturated carbocycles. The van der Waals surface area contributed by atoms with Crippen molar-refractivity contribution in [2.24, 2.45) is 28.6 Å². The van der Waals surface area contributed by atoms with Gasteiger partial charge in [0.1, 0.15) is 0 Å². The van der Waals surface area contributed by atoms with Gasteiger partial charge in [-0.1, -0.05) is 46.8 Å². The highest BCUT2D eigenvalue weighted by atomic mass is 32.1. The molecule has 0 nitrogen and oxygen atoms in total. The summed E-state index contributed by atoms with van der Waals surface area (Å²) in [5.41, 5.74) is 2.21. The van der Waals surface area contributed by atoms with Gasteiger partial charge in [-0.15, -0.1) is 0 Å². The van der Waals surface area contributed by atoms with Gasteiger partial charge in [0.25, 0.3) is 0 Å². The predicted molar refractivity (Wildman–Crippen MR) is 100 cm³/mol. The van der Waals surface area contributed by atoms with E-state index in [4.69, 9.17) is 0 Å². The Kier molecular flexibility index (Phi) is 6.90. The summed E-state index contributed by atoms with van der Waals surface area (Å²) >= 11 is 4.52. The van der Waals surface area contributed by atoms with E-state index in [2.05, 4.69) is 60.8 Å². The number of rotatable bonds is 8. The molecule has 0 heterocycles. The van der Waals surface area contributed by atoms with E-state index in [9.17, 15) is 0 Å². The maximum absolute atomic E-state index is 4.52. The van der Waals surface area contributed by atoms with E-state index in [1.807, 2.05) is 0 Å². The first kappa shape index (κ1) is 19.1. The van der Waals surface area contributed by atoms with E-state index in [1.54, 1.807) is 0 Å². The first-order valence-corrected chi connectivity index (χ1v) is 9.64. The van der Waals surface area contributed by atoms with Gasteiger partial charge in [0.05, 0.1) is 0 Å². The molecule has 4 atom stereocenters. The zero-order chi connectivity index (χ0) is 16.3. The molecule has 1 rings (SSSR count). The highest BCUT2D eigenvalue weighted by Crippen LogP contribution is 2.52. The first-order valence-electron chi connectivity index (χ1n) is 9.01. The summed E-state index contributed by atoms with van der Waals surface area (Å²) < 4.78 is 0. The third kappa shape index (κ3) is 3.71. The summed E-state index contributed by atoms with van der Waals surface area (Å²) in [5, 5.41) is 0. The van der Waals surface area contributed by atoms with Gasteiger partial charge in [-0.3, -0.25) is 0 Å². The number of thiol groups is 1. The summed E-state index contributed by atoms with van der Waals surface area (Å²) in [6, 6.07) is 0. The van der Waals surface area contributed by atoms with E-state index in [0.717, 1.165) is 17.6 Å². The Bertz CT molecular complexity index is 336. The van der Waals surface area contributed by atoms with Crippen molar-refractivity contribution in [1.29, 1.82) is 0 Å². The van der Waals surface area contributed by atoms with Crippen LogP contribution in [0.25, 0.3) is 0 Å². The smallest absolute Gasteiger partial charge is 0.00628 e. The molecule has 0 amide bonds. The highest BCUT2D eigenvalue weighted by molar-refractivity contribution is 7.80. The van der Waals surface area contributed by atoms with Gasteiger partial charge in [0, 0.05) is 0 Å². The highest BCUT2D eigenvalue weighted by Gasteiger charge is 2.43. The third-order valence-corrected chi connectivity index (χ3v) is 7.61. The fourth-order valence-electron chi connectivity index (χ4n) is 4.85. The topological polar surface area (TPSA) is 0 Å². The lowest BCUT2D eigenvalue weighted by Gasteiger charge is -2.42. The van der Waals surface area contributed by atoms with Crippen molar-refractivity contribution in [3.63, 3.8) is 0 Å². The second-order valence-electron chi connectivity index (χ2n) is 8.09. The lowest BCUT2D eigenvalue weighted by molar-refractivity contribution is 0.120. The molecule has 1 heteroatoms. The molecule has 1 aliphatic carbocycles. The minimum Gasteiger partial charge on any atom is -0.179 e. The summed E-state index contributed by atoms with van der Waals surface area (Å²) in [6.07, 6.45) is 7.92. The van der Waals surface area contributed by atoms with Gasteiger partial charge >= 0.3 is 0 Å². The SMILES string of the molecule is C=C(C)C(CC)(CCS)C(C)CCC1(C)C(C)CCC1C. The normalized spacial score (nSPS) is 33.7. The Labute approximate surface area is 139 Å². The van der Waals surface area contributed by atoms with Crippen LogP contribution in [-0.4, -0.2) is 5.75 Å². The standard InChI is InChI=1S/C20H38S/c1-8-20(13-14-21,15(2)3)18(6)11-12-19(7)16(4)9-10-17(19)5/h16-18,21H,2,8-14H2,1,3-7H3. The van der Waals surface area contributed by atoms with Crippen LogP contribution >= 0.6 is 12.6 Å². The summed E-state index contributed by atoms with van der Waals surface area (Å²) in [5.74, 6) is 3.44. The lowest BCUT2D eigenvalue weighted by atomic mass is 9.63. The lowest BCUT2D eigenvalue weighted by Crippen LogP contribution is -2.33. The number of hydrogen-bond acceptors (Lipinski definition) is 1. The molecule has 0 bridgehead atoms. The van der Waals surface area contributed by atoms with Crippen LogP contribution in [0.3, 0.4) is 0 Å². The van der Waals surface area contributed by atoms with Crippen LogP contribution in [0.15, 0.2) is 12.2 Å². The predicted octanol–water partition coefficient (Wildman–Crippen LogP) is 6.77. The molecule has 0 aromatic carbocycles. The molecule has 0 radical (unpaired) electrons. The van der Waals surface area contributed by atoms with Crippen LogP contribution in [0, 0.1) is 28.6 Å². The Morgan fingerprint density at radius 1 is 1.33 bits per heavy atom. The van der Waals surface area contributed by atoms with Gasteiger partial charge in [-0.2, -0.15) is 12.6 Å². The van der Waals surface area contributed by atoms with Gasteiger partial charge in [0.2, 0.25) is 0 Å². The minimum atomic E-state index is 0.295. The first-order chi connectivity index (χ1) is 9.74. The van der Waals surface area contributed by atoms with Crippen molar-refractivity contribution in [1.82, 2.24) is 0 Å². The minimum absolute atomic E-state index is 0.295. The molecule has 124 valence electrons. The van der Waals surface area contributed by atoms with Crippen LogP contribution in [0.1, 0.15) is 80.1 Å². The number of hydrogen-bond donors (Lipinski definition) is 1. The second-order valence-corrected chi connectivity index (χ2v) is 8.54. The van der Waals surface area contributed by atoms with Crippen molar-refractivity contribution in [3.8, 4) is 0 Å². The van der Waals surface area contributed by atoms with E-state index in [0.29, 0.717) is 16.7 Å². The van der Waals surface area contributed by atoms with Gasteiger partial charge < -0.3 is 0 Å². The Morgan fingerprint density at radius 2 is 1.86 bits per heavy atom. The average Bonchev–Trinajstić information content (AvgIpc) is 2.70. The van der Waals surface area contributed by atoms with Gasteiger partial charge in [-0.25, -0.2) is 0 Å². The fourth-order valence-corrected chi connectivity index (χ4v) is 5.25. The largest absolute Gasteiger partial charge is 0.179 e. The number of allylic oxidation sites excluding steroid dienone is 1. The van der Waals surface area contributed by atoms with Crippen molar-refractivity contribution in [2.45, 2.75) is 80.1 Å². The van der Waals surface area contributed by atoms with Crippen LogP contribution < -0.4 is 0 Å². The van der Waals surface area contributed by atoms with Gasteiger partial charge in [-0.05, 0) is 79.8 Å². The molecule has 1 fully saturated rings. The second kappa shape index (κ2) is 7.57. The maximum atomic E-state index is 4.52. The fraction of sp³-hybridized carbons (Fsp3) is 0.900. The van der Waals surface area contributed by atoms with Crippen molar-refractivity contribution in [3.05, 3.63) is 12.2 Å². The van der Waals surface area contributed by atoms with E-state index >= 15 is 0 Å². The molecule has 0 saturated heterocycles. The van der Waals surface area contributed by atoms with E-state index in [-0.39, 0.29) is 0 Å². The van der Waals surface area contributed by atoms with E-state index in [1.165, 1.54) is 44.1 Å². The third-order valence-electron chi connectivity index (χ3n) is 7.38. The molecule has 0 N–H and O–H groups in total. The Balaban J connectivity index is 2.78. The summed E-state index contributed by atoms with van der Waals surface area (Å²) in [4.78, 5) is 0. The zero-order valence-corrected chi connectivity index (χ0v) is 16.2. The quantitative estimate of drug-likeness (QED) is 0.371. The Morgan fingerprint density at radius 3 is 2.24 bits per heavy atom. The molecule has 21 heavy (non-hydrogen) atoms. The summed E-state index contributed by atoms with van der Waals surface area (Å²) in [7, 11) is 0. The maximum Gasteiger partial charge on any atom is -0.00628 e. The molecule has 4 unspecified atom stereocenters. The molecular formula is C20H38S. The molecule has 1 aliphatic rings. The molecule has 0 aromatic heterocycles. The van der Waals surface area contributed by atoms with Crippen LogP contribution in [0.5, 0.6) is 0 Å². The van der Waals surface area contributed by atoms with Gasteiger partial charge in [0.15, 0.2) is 0 Å². The van der Waals surface area contributed by atoms with Crippen LogP contribution in [0.2, 0.25) is 0 Å².